The molecule has 5 nitrogen and oxygen atoms in total. The number of rotatable bonds is 6. The van der Waals surface area contributed by atoms with Crippen LogP contribution in [0.3, 0.4) is 0 Å². The highest BCUT2D eigenvalue weighted by molar-refractivity contribution is 5.53. The van der Waals surface area contributed by atoms with Gasteiger partial charge in [0.2, 0.25) is 0 Å². The van der Waals surface area contributed by atoms with Crippen LogP contribution in [0.25, 0.3) is 0 Å². The lowest BCUT2D eigenvalue weighted by molar-refractivity contribution is 0.249. The maximum absolute atomic E-state index is 9.72. The van der Waals surface area contributed by atoms with Gasteiger partial charge in [0.1, 0.15) is 17.5 Å². The molecule has 28 heavy (non-hydrogen) atoms. The maximum Gasteiger partial charge on any atom is 0.135 e. The number of hydrogen-bond acceptors (Lipinski definition) is 5. The third kappa shape index (κ3) is 4.30. The molecule has 0 saturated heterocycles. The second-order valence-corrected chi connectivity index (χ2v) is 9.20. The van der Waals surface area contributed by atoms with Crippen LogP contribution in [-0.4, -0.2) is 34.3 Å². The Labute approximate surface area is 169 Å². The van der Waals surface area contributed by atoms with E-state index in [0.29, 0.717) is 5.92 Å². The van der Waals surface area contributed by atoms with Gasteiger partial charge in [-0.3, -0.25) is 0 Å². The molecule has 1 atom stereocenters. The summed E-state index contributed by atoms with van der Waals surface area (Å²) in [6.45, 7) is 14.9. The topological polar surface area (TPSA) is 61.3 Å². The molecule has 152 valence electrons. The number of anilines is 2. The zero-order valence-electron chi connectivity index (χ0n) is 18.0. The Hall–Kier alpha value is -2.14. The SMILES string of the molecule is CC(C)c1nc(N[C@H](CO)C(C)C)cc(N2Cc3ccccc3C(C)(C)C2)n1. The molecule has 0 spiro atoms. The first-order chi connectivity index (χ1) is 13.2. The van der Waals surface area contributed by atoms with E-state index < -0.39 is 0 Å². The van der Waals surface area contributed by atoms with Crippen molar-refractivity contribution >= 4 is 11.6 Å². The minimum Gasteiger partial charge on any atom is -0.394 e. The third-order valence-corrected chi connectivity index (χ3v) is 5.60. The summed E-state index contributed by atoms with van der Waals surface area (Å²) in [6, 6.07) is 10.7. The summed E-state index contributed by atoms with van der Waals surface area (Å²) in [7, 11) is 0. The Morgan fingerprint density at radius 1 is 1.14 bits per heavy atom. The molecule has 1 aliphatic rings. The van der Waals surface area contributed by atoms with Crippen LogP contribution in [0.4, 0.5) is 11.6 Å². The van der Waals surface area contributed by atoms with Gasteiger partial charge < -0.3 is 15.3 Å². The van der Waals surface area contributed by atoms with Crippen LogP contribution in [0, 0.1) is 5.92 Å². The average molecular weight is 383 g/mol. The Morgan fingerprint density at radius 2 is 1.86 bits per heavy atom. The van der Waals surface area contributed by atoms with E-state index in [0.717, 1.165) is 30.5 Å². The van der Waals surface area contributed by atoms with Crippen LogP contribution in [0.5, 0.6) is 0 Å². The van der Waals surface area contributed by atoms with Crippen molar-refractivity contribution in [2.24, 2.45) is 5.92 Å². The Kier molecular flexibility index (Phi) is 5.94. The Bertz CT molecular complexity index is 816. The van der Waals surface area contributed by atoms with Gasteiger partial charge >= 0.3 is 0 Å². The van der Waals surface area contributed by atoms with Gasteiger partial charge in [0.15, 0.2) is 0 Å². The molecule has 3 rings (SSSR count). The van der Waals surface area contributed by atoms with Crippen molar-refractivity contribution in [1.29, 1.82) is 0 Å². The van der Waals surface area contributed by atoms with Gasteiger partial charge in [-0.05, 0) is 17.0 Å². The smallest absolute Gasteiger partial charge is 0.135 e. The number of aliphatic hydroxyl groups excluding tert-OH is 1. The second-order valence-electron chi connectivity index (χ2n) is 9.20. The van der Waals surface area contributed by atoms with E-state index in [1.165, 1.54) is 11.1 Å². The van der Waals surface area contributed by atoms with Gasteiger partial charge in [0, 0.05) is 30.5 Å². The standard InChI is InChI=1S/C23H34N4O/c1-15(2)19(13-28)24-20-11-21(26-22(25-20)16(3)4)27-12-17-9-7-8-10-18(17)23(5,6)14-27/h7-11,15-16,19,28H,12-14H2,1-6H3,(H,24,25,26)/t19-/m1/s1. The zero-order chi connectivity index (χ0) is 20.5. The van der Waals surface area contributed by atoms with Crippen molar-refractivity contribution in [1.82, 2.24) is 9.97 Å². The third-order valence-electron chi connectivity index (χ3n) is 5.60. The van der Waals surface area contributed by atoms with Crippen molar-refractivity contribution in [3.8, 4) is 0 Å². The predicted molar refractivity (Wildman–Crippen MR) is 116 cm³/mol. The summed E-state index contributed by atoms with van der Waals surface area (Å²) in [5, 5.41) is 13.1. The Balaban J connectivity index is 1.97. The lowest BCUT2D eigenvalue weighted by Crippen LogP contribution is -2.42. The monoisotopic (exact) mass is 382 g/mol. The summed E-state index contributed by atoms with van der Waals surface area (Å²) < 4.78 is 0. The van der Waals surface area contributed by atoms with Gasteiger partial charge in [0.05, 0.1) is 12.6 Å². The fourth-order valence-electron chi connectivity index (χ4n) is 3.86. The number of hydrogen-bond donors (Lipinski definition) is 2. The van der Waals surface area contributed by atoms with E-state index in [9.17, 15) is 5.11 Å². The summed E-state index contributed by atoms with van der Waals surface area (Å²) >= 11 is 0. The molecule has 0 aliphatic carbocycles. The van der Waals surface area contributed by atoms with E-state index in [1.54, 1.807) is 0 Å². The molecular weight excluding hydrogens is 348 g/mol. The van der Waals surface area contributed by atoms with E-state index in [2.05, 4.69) is 76.0 Å². The molecule has 0 unspecified atom stereocenters. The number of aromatic nitrogens is 2. The zero-order valence-corrected chi connectivity index (χ0v) is 18.0. The van der Waals surface area contributed by atoms with Crippen molar-refractivity contribution in [2.75, 3.05) is 23.4 Å². The number of aliphatic hydroxyl groups is 1. The first-order valence-electron chi connectivity index (χ1n) is 10.3. The second kappa shape index (κ2) is 8.08. The Morgan fingerprint density at radius 3 is 2.50 bits per heavy atom. The quantitative estimate of drug-likeness (QED) is 0.779. The highest BCUT2D eigenvalue weighted by Gasteiger charge is 2.32. The van der Waals surface area contributed by atoms with Crippen molar-refractivity contribution in [2.45, 2.75) is 65.5 Å². The van der Waals surface area contributed by atoms with E-state index in [4.69, 9.17) is 9.97 Å². The molecule has 0 saturated carbocycles. The van der Waals surface area contributed by atoms with Gasteiger partial charge in [-0.2, -0.15) is 0 Å². The summed E-state index contributed by atoms with van der Waals surface area (Å²) in [4.78, 5) is 12.0. The molecule has 0 bridgehead atoms. The largest absolute Gasteiger partial charge is 0.394 e. The van der Waals surface area contributed by atoms with Crippen LogP contribution in [0.15, 0.2) is 30.3 Å². The molecule has 0 amide bonds. The fraction of sp³-hybridized carbons (Fsp3) is 0.565. The lowest BCUT2D eigenvalue weighted by atomic mass is 9.78. The summed E-state index contributed by atoms with van der Waals surface area (Å²) in [5.41, 5.74) is 2.83. The first kappa shape index (κ1) is 20.6. The lowest BCUT2D eigenvalue weighted by Gasteiger charge is -2.40. The number of fused-ring (bicyclic) bond motifs is 1. The van der Waals surface area contributed by atoms with E-state index >= 15 is 0 Å². The molecule has 0 fully saturated rings. The predicted octanol–water partition coefficient (Wildman–Crippen LogP) is 4.33. The molecule has 1 aliphatic heterocycles. The van der Waals surface area contributed by atoms with Crippen molar-refractivity contribution in [3.05, 3.63) is 47.3 Å². The summed E-state index contributed by atoms with van der Waals surface area (Å²) in [5.74, 6) is 3.11. The van der Waals surface area contributed by atoms with Crippen LogP contribution in [0.2, 0.25) is 0 Å². The van der Waals surface area contributed by atoms with Crippen molar-refractivity contribution < 1.29 is 5.11 Å². The molecule has 0 radical (unpaired) electrons. The van der Waals surface area contributed by atoms with Gasteiger partial charge in [0.25, 0.3) is 0 Å². The van der Waals surface area contributed by atoms with Crippen molar-refractivity contribution in [3.63, 3.8) is 0 Å². The van der Waals surface area contributed by atoms with Crippen LogP contribution >= 0.6 is 0 Å². The fourth-order valence-corrected chi connectivity index (χ4v) is 3.86. The minimum atomic E-state index is -0.0266. The maximum atomic E-state index is 9.72. The molecular formula is C23H34N4O. The van der Waals surface area contributed by atoms with E-state index in [1.807, 2.05) is 6.07 Å². The number of benzene rings is 1. The van der Waals surface area contributed by atoms with E-state index in [-0.39, 0.29) is 24.0 Å². The number of nitrogens with zero attached hydrogens (tertiary/aromatic N) is 3. The van der Waals surface area contributed by atoms with Gasteiger partial charge in [-0.1, -0.05) is 65.8 Å². The molecule has 1 aromatic heterocycles. The number of nitrogens with one attached hydrogen (secondary N) is 1. The summed E-state index contributed by atoms with van der Waals surface area (Å²) in [6.07, 6.45) is 0. The first-order valence-corrected chi connectivity index (χ1v) is 10.3. The highest BCUT2D eigenvalue weighted by atomic mass is 16.3. The van der Waals surface area contributed by atoms with Gasteiger partial charge in [-0.15, -0.1) is 0 Å². The molecule has 2 N–H and O–H groups in total. The normalized spacial score (nSPS) is 17.0. The van der Waals surface area contributed by atoms with Crippen LogP contribution < -0.4 is 10.2 Å². The molecule has 5 heteroatoms. The molecule has 1 aromatic carbocycles. The average Bonchev–Trinajstić information content (AvgIpc) is 2.65. The molecule has 2 aromatic rings. The van der Waals surface area contributed by atoms with Crippen LogP contribution in [-0.2, 0) is 12.0 Å². The minimum absolute atomic E-state index is 0.0266. The van der Waals surface area contributed by atoms with Gasteiger partial charge in [-0.25, -0.2) is 9.97 Å². The molecule has 2 heterocycles. The van der Waals surface area contributed by atoms with Crippen LogP contribution in [0.1, 0.15) is 64.4 Å². The highest BCUT2D eigenvalue weighted by Crippen LogP contribution is 2.35.